The highest BCUT2D eigenvalue weighted by Crippen LogP contribution is 2.32. The normalized spacial score (nSPS) is 11.3. The van der Waals surface area contributed by atoms with Gasteiger partial charge in [-0.3, -0.25) is 4.79 Å². The smallest absolute Gasteiger partial charge is 0.343 e. The molecule has 0 spiro atoms. The maximum absolute atomic E-state index is 13.1. The van der Waals surface area contributed by atoms with Crippen molar-refractivity contribution in [2.45, 2.75) is 5.60 Å². The van der Waals surface area contributed by atoms with E-state index in [9.17, 15) is 14.7 Å². The van der Waals surface area contributed by atoms with Crippen LogP contribution in [0, 0.1) is 3.57 Å². The zero-order valence-electron chi connectivity index (χ0n) is 17.5. The zero-order chi connectivity index (χ0) is 23.8. The number of halogens is 2. The number of hydrazone groups is 1. The van der Waals surface area contributed by atoms with E-state index in [2.05, 4.69) is 53.8 Å². The number of hydrogen-bond donors (Lipinski definition) is 2. The summed E-state index contributed by atoms with van der Waals surface area (Å²) >= 11 is 5.48. The second-order valence-electron chi connectivity index (χ2n) is 6.82. The number of hydrogen-bond acceptors (Lipinski definition) is 6. The fraction of sp³-hybridized carbons (Fsp3) is 0.125. The lowest BCUT2D eigenvalue weighted by Crippen LogP contribution is -2.43. The topological polar surface area (TPSA) is 97.2 Å². The monoisotopic (exact) mass is 622 g/mol. The van der Waals surface area contributed by atoms with Gasteiger partial charge in [0.1, 0.15) is 5.75 Å². The van der Waals surface area contributed by atoms with Gasteiger partial charge in [-0.2, -0.15) is 5.10 Å². The van der Waals surface area contributed by atoms with Gasteiger partial charge < -0.3 is 14.6 Å². The molecule has 33 heavy (non-hydrogen) atoms. The minimum Gasteiger partial charge on any atom is -0.480 e. The summed E-state index contributed by atoms with van der Waals surface area (Å²) in [7, 11) is 1.29. The van der Waals surface area contributed by atoms with Gasteiger partial charge in [0.15, 0.2) is 12.2 Å². The van der Waals surface area contributed by atoms with Crippen LogP contribution in [-0.2, 0) is 19.9 Å². The van der Waals surface area contributed by atoms with Crippen molar-refractivity contribution in [3.8, 4) is 5.75 Å². The molecule has 0 aliphatic rings. The highest BCUT2D eigenvalue weighted by Gasteiger charge is 2.39. The molecule has 0 saturated heterocycles. The third-order valence-electron chi connectivity index (χ3n) is 4.67. The summed E-state index contributed by atoms with van der Waals surface area (Å²) in [6.45, 7) is -0.216. The Morgan fingerprint density at radius 2 is 1.67 bits per heavy atom. The number of nitrogens with zero attached hydrogens (tertiary/aromatic N) is 1. The van der Waals surface area contributed by atoms with Crippen LogP contribution in [0.5, 0.6) is 5.75 Å². The lowest BCUT2D eigenvalue weighted by Gasteiger charge is -2.27. The van der Waals surface area contributed by atoms with Crippen LogP contribution in [0.25, 0.3) is 0 Å². The number of esters is 1. The molecule has 0 atom stereocenters. The molecule has 0 unspecified atom stereocenters. The molecule has 170 valence electrons. The largest absolute Gasteiger partial charge is 0.480 e. The van der Waals surface area contributed by atoms with Crippen LogP contribution in [0.3, 0.4) is 0 Å². The Kier molecular flexibility index (Phi) is 8.59. The summed E-state index contributed by atoms with van der Waals surface area (Å²) in [5.41, 5.74) is 2.04. The first-order valence-corrected chi connectivity index (χ1v) is 11.6. The molecule has 0 radical (unpaired) electrons. The van der Waals surface area contributed by atoms with Crippen molar-refractivity contribution in [2.75, 3.05) is 13.7 Å². The molecule has 3 rings (SSSR count). The molecule has 0 aromatic heterocycles. The van der Waals surface area contributed by atoms with Crippen molar-refractivity contribution in [1.82, 2.24) is 5.43 Å². The number of carbonyl (C=O) groups is 2. The van der Waals surface area contributed by atoms with Crippen LogP contribution in [0.15, 0.2) is 82.4 Å². The molecule has 0 aliphatic heterocycles. The summed E-state index contributed by atoms with van der Waals surface area (Å²) in [6.07, 6.45) is 1.45. The van der Waals surface area contributed by atoms with E-state index in [4.69, 9.17) is 4.74 Å². The molecular weight excluding hydrogens is 603 g/mol. The van der Waals surface area contributed by atoms with Gasteiger partial charge in [0.25, 0.3) is 5.91 Å². The zero-order valence-corrected chi connectivity index (χ0v) is 21.2. The molecule has 0 fully saturated rings. The second kappa shape index (κ2) is 11.4. The predicted molar refractivity (Wildman–Crippen MR) is 136 cm³/mol. The predicted octanol–water partition coefficient (Wildman–Crippen LogP) is 3.99. The van der Waals surface area contributed by atoms with Gasteiger partial charge in [0, 0.05) is 0 Å². The Bertz CT molecular complexity index is 1090. The fourth-order valence-electron chi connectivity index (χ4n) is 3.02. The van der Waals surface area contributed by atoms with Crippen LogP contribution in [0.2, 0.25) is 0 Å². The Morgan fingerprint density at radius 1 is 1.09 bits per heavy atom. The molecule has 0 saturated carbocycles. The van der Waals surface area contributed by atoms with E-state index in [1.165, 1.54) is 13.3 Å². The number of amides is 1. The number of aliphatic hydroxyl groups is 1. The summed E-state index contributed by atoms with van der Waals surface area (Å²) in [5.74, 6) is -0.692. The van der Waals surface area contributed by atoms with Gasteiger partial charge in [-0.1, -0.05) is 60.7 Å². The quantitative estimate of drug-likeness (QED) is 0.171. The van der Waals surface area contributed by atoms with Gasteiger partial charge in [0.2, 0.25) is 0 Å². The first-order valence-electron chi connectivity index (χ1n) is 9.72. The molecule has 9 heteroatoms. The summed E-state index contributed by atoms with van der Waals surface area (Å²) in [6, 6.07) is 20.9. The molecule has 7 nitrogen and oxygen atoms in total. The summed E-state index contributed by atoms with van der Waals surface area (Å²) in [4.78, 5) is 24.4. The Morgan fingerprint density at radius 3 is 2.18 bits per heavy atom. The average Bonchev–Trinajstić information content (AvgIpc) is 2.83. The van der Waals surface area contributed by atoms with E-state index >= 15 is 0 Å². The Hall–Kier alpha value is -2.76. The van der Waals surface area contributed by atoms with Crippen LogP contribution >= 0.6 is 38.5 Å². The Balaban J connectivity index is 1.80. The lowest BCUT2D eigenvalue weighted by atomic mass is 9.85. The van der Waals surface area contributed by atoms with Gasteiger partial charge in [-0.15, -0.1) is 0 Å². The van der Waals surface area contributed by atoms with Crippen molar-refractivity contribution >= 4 is 56.6 Å². The van der Waals surface area contributed by atoms with Crippen LogP contribution in [0.4, 0.5) is 0 Å². The molecule has 3 aromatic carbocycles. The number of ether oxygens (including phenoxy) is 2. The van der Waals surface area contributed by atoms with Crippen molar-refractivity contribution in [3.05, 3.63) is 97.5 Å². The van der Waals surface area contributed by atoms with Crippen LogP contribution in [-0.4, -0.2) is 36.9 Å². The van der Waals surface area contributed by atoms with E-state index < -0.39 is 17.5 Å². The lowest BCUT2D eigenvalue weighted by molar-refractivity contribution is -0.143. The second-order valence-corrected chi connectivity index (χ2v) is 8.84. The van der Waals surface area contributed by atoms with Crippen molar-refractivity contribution in [1.29, 1.82) is 0 Å². The SMILES string of the molecule is COC(=O)COc1c(Br)cc(/C=N/NC(=O)C(O)(c2ccccc2)c2ccccc2)cc1I. The molecule has 2 N–H and O–H groups in total. The van der Waals surface area contributed by atoms with Crippen molar-refractivity contribution < 1.29 is 24.2 Å². The highest BCUT2D eigenvalue weighted by atomic mass is 127. The van der Waals surface area contributed by atoms with Crippen LogP contribution in [0.1, 0.15) is 16.7 Å². The molecular formula is C24H20BrIN2O5. The molecule has 0 bridgehead atoms. The molecule has 3 aromatic rings. The van der Waals surface area contributed by atoms with Gasteiger partial charge in [-0.05, 0) is 67.3 Å². The van der Waals surface area contributed by atoms with E-state index in [1.807, 2.05) is 12.1 Å². The minimum absolute atomic E-state index is 0.216. The number of nitrogens with one attached hydrogen (secondary N) is 1. The standard InChI is InChI=1S/C24H20BrIN2O5/c1-32-21(29)15-33-22-19(25)12-16(13-20(22)26)14-27-28-23(30)24(31,17-8-4-2-5-9-17)18-10-6-3-7-11-18/h2-14,31H,15H2,1H3,(H,28,30)/b27-14+. The molecule has 0 heterocycles. The highest BCUT2D eigenvalue weighted by molar-refractivity contribution is 14.1. The van der Waals surface area contributed by atoms with Gasteiger partial charge >= 0.3 is 5.97 Å². The molecule has 0 aliphatic carbocycles. The summed E-state index contributed by atoms with van der Waals surface area (Å²) in [5, 5.41) is 15.5. The van der Waals surface area contributed by atoms with Gasteiger partial charge in [-0.25, -0.2) is 10.2 Å². The maximum atomic E-state index is 13.1. The van der Waals surface area contributed by atoms with E-state index in [0.717, 1.165) is 3.57 Å². The Labute approximate surface area is 213 Å². The van der Waals surface area contributed by atoms with E-state index in [-0.39, 0.29) is 6.61 Å². The number of methoxy groups -OCH3 is 1. The molecule has 1 amide bonds. The first-order chi connectivity index (χ1) is 15.9. The maximum Gasteiger partial charge on any atom is 0.343 e. The fourth-order valence-corrected chi connectivity index (χ4v) is 4.78. The minimum atomic E-state index is -1.92. The van der Waals surface area contributed by atoms with E-state index in [1.54, 1.807) is 60.7 Å². The third kappa shape index (κ3) is 5.98. The average molecular weight is 623 g/mol. The third-order valence-corrected chi connectivity index (χ3v) is 6.06. The number of carbonyl (C=O) groups excluding carboxylic acids is 2. The first kappa shape index (κ1) is 24.9. The number of benzene rings is 3. The van der Waals surface area contributed by atoms with E-state index in [0.29, 0.717) is 26.9 Å². The number of rotatable bonds is 8. The van der Waals surface area contributed by atoms with Crippen molar-refractivity contribution in [2.24, 2.45) is 5.10 Å². The van der Waals surface area contributed by atoms with Crippen molar-refractivity contribution in [3.63, 3.8) is 0 Å². The summed E-state index contributed by atoms with van der Waals surface area (Å²) < 4.78 is 11.4. The van der Waals surface area contributed by atoms with Gasteiger partial charge in [0.05, 0.1) is 21.4 Å². The van der Waals surface area contributed by atoms with Crippen LogP contribution < -0.4 is 10.2 Å².